The molecule has 0 aliphatic carbocycles. The van der Waals surface area contributed by atoms with Crippen LogP contribution >= 0.6 is 0 Å². The lowest BCUT2D eigenvalue weighted by Crippen LogP contribution is -2.29. The van der Waals surface area contributed by atoms with Crippen LogP contribution in [0.2, 0.25) is 0 Å². The number of carbonyl (C=O) groups excluding carboxylic acids is 1. The van der Waals surface area contributed by atoms with Gasteiger partial charge in [-0.3, -0.25) is 10.1 Å². The molecule has 2 rings (SSSR count). The number of hydrogen-bond acceptors (Lipinski definition) is 5. The topological polar surface area (TPSA) is 72.5 Å². The minimum Gasteiger partial charge on any atom is -0.465 e. The Morgan fingerprint density at radius 3 is 2.89 bits per heavy atom. The summed E-state index contributed by atoms with van der Waals surface area (Å²) in [6, 6.07) is 6.51. The quantitative estimate of drug-likeness (QED) is 0.813. The van der Waals surface area contributed by atoms with E-state index >= 15 is 0 Å². The van der Waals surface area contributed by atoms with E-state index in [1.807, 2.05) is 0 Å². The van der Waals surface area contributed by atoms with Crippen LogP contribution in [0.3, 0.4) is 0 Å². The number of sulfone groups is 1. The van der Waals surface area contributed by atoms with E-state index in [1.165, 1.54) is 0 Å². The maximum atomic E-state index is 11.9. The van der Waals surface area contributed by atoms with Gasteiger partial charge in [-0.25, -0.2) is 8.42 Å². The first-order valence-corrected chi connectivity index (χ1v) is 7.40. The van der Waals surface area contributed by atoms with Gasteiger partial charge in [0.2, 0.25) is 0 Å². The fourth-order valence-electron chi connectivity index (χ4n) is 2.04. The highest BCUT2D eigenvalue weighted by Crippen LogP contribution is 2.32. The molecule has 1 aliphatic rings. The van der Waals surface area contributed by atoms with Crippen LogP contribution in [0.1, 0.15) is 18.5 Å². The predicted molar refractivity (Wildman–Crippen MR) is 65.9 cm³/mol. The van der Waals surface area contributed by atoms with Crippen molar-refractivity contribution in [3.8, 4) is 0 Å². The average Bonchev–Trinajstić information content (AvgIpc) is 2.60. The molecule has 1 atom stereocenters. The summed E-state index contributed by atoms with van der Waals surface area (Å²) < 4.78 is 28.5. The average molecular weight is 269 g/mol. The molecule has 6 heteroatoms. The van der Waals surface area contributed by atoms with E-state index in [0.29, 0.717) is 11.5 Å². The summed E-state index contributed by atoms with van der Waals surface area (Å²) in [4.78, 5) is 11.6. The molecule has 0 spiro atoms. The van der Waals surface area contributed by atoms with Crippen molar-refractivity contribution in [2.24, 2.45) is 0 Å². The highest BCUT2D eigenvalue weighted by molar-refractivity contribution is 7.91. The molecule has 1 aromatic rings. The van der Waals surface area contributed by atoms with Crippen LogP contribution in [-0.2, 0) is 19.4 Å². The van der Waals surface area contributed by atoms with Crippen LogP contribution in [0.25, 0.3) is 0 Å². The summed E-state index contributed by atoms with van der Waals surface area (Å²) in [5.41, 5.74) is 0.724. The lowest BCUT2D eigenvalue weighted by Gasteiger charge is -2.11. The number of esters is 1. The van der Waals surface area contributed by atoms with Crippen molar-refractivity contribution in [1.82, 2.24) is 5.32 Å². The van der Waals surface area contributed by atoms with Crippen LogP contribution in [0.4, 0.5) is 0 Å². The van der Waals surface area contributed by atoms with Gasteiger partial charge in [-0.05, 0) is 18.6 Å². The second kappa shape index (κ2) is 5.07. The molecule has 5 nitrogen and oxygen atoms in total. The SMILES string of the molecule is CCOC(=O)CNC1CS(=O)(=O)c2ccccc21. The van der Waals surface area contributed by atoms with Gasteiger partial charge in [0.05, 0.1) is 23.8 Å². The van der Waals surface area contributed by atoms with Crippen LogP contribution in [0.15, 0.2) is 29.2 Å². The summed E-state index contributed by atoms with van der Waals surface area (Å²) in [7, 11) is -3.23. The van der Waals surface area contributed by atoms with Gasteiger partial charge >= 0.3 is 5.97 Å². The zero-order chi connectivity index (χ0) is 13.2. The van der Waals surface area contributed by atoms with Crippen molar-refractivity contribution in [1.29, 1.82) is 0 Å². The summed E-state index contributed by atoms with van der Waals surface area (Å²) in [5.74, 6) is -0.384. The van der Waals surface area contributed by atoms with E-state index in [2.05, 4.69) is 5.32 Å². The summed E-state index contributed by atoms with van der Waals surface area (Å²) in [5, 5.41) is 2.92. The minimum absolute atomic E-state index is 0.00818. The molecule has 1 unspecified atom stereocenters. The van der Waals surface area contributed by atoms with Crippen molar-refractivity contribution in [3.05, 3.63) is 29.8 Å². The highest BCUT2D eigenvalue weighted by Gasteiger charge is 2.34. The Labute approximate surface area is 106 Å². The van der Waals surface area contributed by atoms with Gasteiger partial charge in [0.15, 0.2) is 9.84 Å². The van der Waals surface area contributed by atoms with Gasteiger partial charge in [0.25, 0.3) is 0 Å². The summed E-state index contributed by atoms with van der Waals surface area (Å²) >= 11 is 0. The molecule has 1 heterocycles. The lowest BCUT2D eigenvalue weighted by atomic mass is 10.1. The van der Waals surface area contributed by atoms with Gasteiger partial charge < -0.3 is 4.74 Å². The molecule has 98 valence electrons. The molecule has 1 aromatic carbocycles. The Morgan fingerprint density at radius 1 is 1.44 bits per heavy atom. The zero-order valence-electron chi connectivity index (χ0n) is 10.0. The first-order valence-electron chi connectivity index (χ1n) is 5.75. The van der Waals surface area contributed by atoms with Gasteiger partial charge in [0.1, 0.15) is 0 Å². The Hall–Kier alpha value is -1.40. The molecule has 0 saturated heterocycles. The first-order chi connectivity index (χ1) is 8.54. The molecular weight excluding hydrogens is 254 g/mol. The minimum atomic E-state index is -3.23. The Morgan fingerprint density at radius 2 is 2.17 bits per heavy atom. The fourth-order valence-corrected chi connectivity index (χ4v) is 3.81. The molecule has 0 bridgehead atoms. The summed E-state index contributed by atoms with van der Waals surface area (Å²) in [6.07, 6.45) is 0. The third-order valence-electron chi connectivity index (χ3n) is 2.81. The molecule has 18 heavy (non-hydrogen) atoms. The Bertz CT molecular complexity index is 553. The normalized spacial score (nSPS) is 20.4. The molecule has 1 aliphatic heterocycles. The number of ether oxygens (including phenoxy) is 1. The zero-order valence-corrected chi connectivity index (χ0v) is 10.9. The van der Waals surface area contributed by atoms with Crippen molar-refractivity contribution in [2.45, 2.75) is 17.9 Å². The molecule has 0 saturated carbocycles. The van der Waals surface area contributed by atoms with E-state index in [1.54, 1.807) is 31.2 Å². The monoisotopic (exact) mass is 269 g/mol. The third-order valence-corrected chi connectivity index (χ3v) is 4.63. The molecular formula is C12H15NO4S. The first kappa shape index (κ1) is 13.0. The lowest BCUT2D eigenvalue weighted by molar-refractivity contribution is -0.142. The number of hydrogen-bond donors (Lipinski definition) is 1. The predicted octanol–water partition coefficient (Wildman–Crippen LogP) is 0.668. The van der Waals surface area contributed by atoms with E-state index in [9.17, 15) is 13.2 Å². The second-order valence-corrected chi connectivity index (χ2v) is 6.06. The van der Waals surface area contributed by atoms with E-state index in [0.717, 1.165) is 5.56 Å². The Balaban J connectivity index is 2.11. The molecule has 0 amide bonds. The van der Waals surface area contributed by atoms with Gasteiger partial charge in [-0.2, -0.15) is 0 Å². The van der Waals surface area contributed by atoms with E-state index < -0.39 is 9.84 Å². The van der Waals surface area contributed by atoms with Crippen LogP contribution < -0.4 is 5.32 Å². The fraction of sp³-hybridized carbons (Fsp3) is 0.417. The van der Waals surface area contributed by atoms with Gasteiger partial charge in [-0.1, -0.05) is 18.2 Å². The number of nitrogens with one attached hydrogen (secondary N) is 1. The number of rotatable bonds is 4. The maximum absolute atomic E-state index is 11.9. The Kier molecular flexibility index (Phi) is 3.68. The molecule has 1 N–H and O–H groups in total. The molecule has 0 fully saturated rings. The largest absolute Gasteiger partial charge is 0.465 e. The van der Waals surface area contributed by atoms with E-state index in [-0.39, 0.29) is 24.3 Å². The molecule has 0 aromatic heterocycles. The van der Waals surface area contributed by atoms with Crippen LogP contribution in [0.5, 0.6) is 0 Å². The number of benzene rings is 1. The van der Waals surface area contributed by atoms with E-state index in [4.69, 9.17) is 4.74 Å². The second-order valence-electron chi connectivity index (χ2n) is 4.06. The standard InChI is InChI=1S/C12H15NO4S/c1-2-17-12(14)7-13-10-8-18(15,16)11-6-4-3-5-9(10)11/h3-6,10,13H,2,7-8H2,1H3. The number of carbonyl (C=O) groups is 1. The maximum Gasteiger partial charge on any atom is 0.319 e. The smallest absolute Gasteiger partial charge is 0.319 e. The van der Waals surface area contributed by atoms with Crippen molar-refractivity contribution >= 4 is 15.8 Å². The highest BCUT2D eigenvalue weighted by atomic mass is 32.2. The van der Waals surface area contributed by atoms with Crippen molar-refractivity contribution in [2.75, 3.05) is 18.9 Å². The number of fused-ring (bicyclic) bond motifs is 1. The third kappa shape index (κ3) is 2.54. The van der Waals surface area contributed by atoms with Crippen molar-refractivity contribution < 1.29 is 17.9 Å². The summed E-state index contributed by atoms with van der Waals surface area (Å²) in [6.45, 7) is 2.07. The van der Waals surface area contributed by atoms with Crippen LogP contribution in [0, 0.1) is 0 Å². The van der Waals surface area contributed by atoms with Crippen LogP contribution in [-0.4, -0.2) is 33.3 Å². The van der Waals surface area contributed by atoms with Gasteiger partial charge in [-0.15, -0.1) is 0 Å². The molecule has 0 radical (unpaired) electrons. The van der Waals surface area contributed by atoms with Gasteiger partial charge in [0, 0.05) is 6.04 Å². The van der Waals surface area contributed by atoms with Crippen molar-refractivity contribution in [3.63, 3.8) is 0 Å².